The van der Waals surface area contributed by atoms with E-state index in [4.69, 9.17) is 0 Å². The molecule has 0 aromatic carbocycles. The fourth-order valence-corrected chi connectivity index (χ4v) is 5.14. The fourth-order valence-electron chi connectivity index (χ4n) is 1.45. The van der Waals surface area contributed by atoms with Crippen molar-refractivity contribution in [2.24, 2.45) is 0 Å². The smallest absolute Gasteiger partial charge is 0.0749 e. The number of thiophene rings is 2. The van der Waals surface area contributed by atoms with Crippen molar-refractivity contribution in [3.8, 4) is 0 Å². The Hall–Kier alpha value is 0.360. The van der Waals surface area contributed by atoms with Gasteiger partial charge in [-0.25, -0.2) is 0 Å². The van der Waals surface area contributed by atoms with E-state index in [-0.39, 0.29) is 0 Å². The minimum Gasteiger partial charge on any atom is -0.144 e. The maximum Gasteiger partial charge on any atom is 0.0749 e. The number of rotatable bonds is 2. The summed E-state index contributed by atoms with van der Waals surface area (Å²) in [6.07, 6.45) is 0. The summed E-state index contributed by atoms with van der Waals surface area (Å²) in [6, 6.07) is 6.57. The summed E-state index contributed by atoms with van der Waals surface area (Å²) in [4.78, 5) is 4.44. The van der Waals surface area contributed by atoms with E-state index in [0.29, 0.717) is 4.83 Å². The van der Waals surface area contributed by atoms with Crippen LogP contribution in [0.3, 0.4) is 0 Å². The standard InChI is InChI=1S/C11H10Br2S2/c1-6-3-4-9(14-6)11(13)8-5-10(12)15-7(8)2/h3-5,11H,1-2H3. The van der Waals surface area contributed by atoms with Gasteiger partial charge in [0.15, 0.2) is 0 Å². The van der Waals surface area contributed by atoms with E-state index in [1.165, 1.54) is 24.0 Å². The SMILES string of the molecule is Cc1ccc(C(Br)c2cc(Br)sc2C)s1. The number of halogens is 2. The molecule has 0 fully saturated rings. The molecule has 0 radical (unpaired) electrons. The van der Waals surface area contributed by atoms with Gasteiger partial charge in [0.25, 0.3) is 0 Å². The average Bonchev–Trinajstić information content (AvgIpc) is 2.71. The minimum absolute atomic E-state index is 0.332. The van der Waals surface area contributed by atoms with Gasteiger partial charge >= 0.3 is 0 Å². The summed E-state index contributed by atoms with van der Waals surface area (Å²) in [7, 11) is 0. The summed E-state index contributed by atoms with van der Waals surface area (Å²) >= 11 is 10.9. The molecular formula is C11H10Br2S2. The molecule has 0 aliphatic carbocycles. The Morgan fingerprint density at radius 2 is 1.93 bits per heavy atom. The molecule has 0 aliphatic heterocycles. The van der Waals surface area contributed by atoms with E-state index in [1.807, 2.05) is 11.3 Å². The van der Waals surface area contributed by atoms with E-state index in [1.54, 1.807) is 11.3 Å². The van der Waals surface area contributed by atoms with Gasteiger partial charge in [0.1, 0.15) is 0 Å². The third-order valence-corrected chi connectivity index (χ3v) is 6.13. The molecule has 0 amide bonds. The summed E-state index contributed by atoms with van der Waals surface area (Å²) in [5, 5.41) is 0. The molecule has 0 saturated carbocycles. The quantitative estimate of drug-likeness (QED) is 0.601. The average molecular weight is 366 g/mol. The van der Waals surface area contributed by atoms with Crippen molar-refractivity contribution in [3.05, 3.63) is 42.2 Å². The van der Waals surface area contributed by atoms with Crippen LogP contribution in [-0.4, -0.2) is 0 Å². The van der Waals surface area contributed by atoms with Crippen LogP contribution in [0.1, 0.15) is 25.0 Å². The molecule has 0 aliphatic rings. The topological polar surface area (TPSA) is 0 Å². The minimum atomic E-state index is 0.332. The van der Waals surface area contributed by atoms with Gasteiger partial charge in [-0.05, 0) is 53.5 Å². The maximum absolute atomic E-state index is 3.77. The van der Waals surface area contributed by atoms with Crippen molar-refractivity contribution < 1.29 is 0 Å². The highest BCUT2D eigenvalue weighted by Crippen LogP contribution is 2.40. The Kier molecular flexibility index (Phi) is 3.71. The molecule has 15 heavy (non-hydrogen) atoms. The first-order valence-corrected chi connectivity index (χ1v) is 7.88. The van der Waals surface area contributed by atoms with Crippen LogP contribution in [0.4, 0.5) is 0 Å². The normalized spacial score (nSPS) is 13.1. The molecule has 4 heteroatoms. The Morgan fingerprint density at radius 1 is 1.20 bits per heavy atom. The first-order chi connectivity index (χ1) is 7.08. The van der Waals surface area contributed by atoms with Gasteiger partial charge in [0.05, 0.1) is 8.61 Å². The van der Waals surface area contributed by atoms with Crippen LogP contribution in [0.15, 0.2) is 22.0 Å². The molecule has 0 bridgehead atoms. The van der Waals surface area contributed by atoms with Crippen molar-refractivity contribution in [2.45, 2.75) is 18.7 Å². The molecule has 0 spiro atoms. The lowest BCUT2D eigenvalue weighted by molar-refractivity contribution is 1.21. The van der Waals surface area contributed by atoms with Crippen molar-refractivity contribution >= 4 is 54.5 Å². The van der Waals surface area contributed by atoms with E-state index in [0.717, 1.165) is 0 Å². The number of hydrogen-bond acceptors (Lipinski definition) is 2. The zero-order chi connectivity index (χ0) is 11.0. The van der Waals surface area contributed by atoms with Gasteiger partial charge in [-0.15, -0.1) is 22.7 Å². The predicted molar refractivity (Wildman–Crippen MR) is 76.6 cm³/mol. The second kappa shape index (κ2) is 4.70. The zero-order valence-electron chi connectivity index (χ0n) is 8.38. The van der Waals surface area contributed by atoms with Crippen molar-refractivity contribution in [1.29, 1.82) is 0 Å². The highest BCUT2D eigenvalue weighted by Gasteiger charge is 2.16. The number of aryl methyl sites for hydroxylation is 2. The van der Waals surface area contributed by atoms with E-state index in [9.17, 15) is 0 Å². The van der Waals surface area contributed by atoms with Crippen LogP contribution < -0.4 is 0 Å². The summed E-state index contributed by atoms with van der Waals surface area (Å²) < 4.78 is 1.20. The fraction of sp³-hybridized carbons (Fsp3) is 0.273. The van der Waals surface area contributed by atoms with E-state index >= 15 is 0 Å². The number of hydrogen-bond donors (Lipinski definition) is 0. The van der Waals surface area contributed by atoms with Crippen molar-refractivity contribution in [1.82, 2.24) is 0 Å². The van der Waals surface area contributed by atoms with E-state index in [2.05, 4.69) is 63.9 Å². The summed E-state index contributed by atoms with van der Waals surface area (Å²) in [5.74, 6) is 0. The molecule has 2 aromatic rings. The molecule has 2 aromatic heterocycles. The van der Waals surface area contributed by atoms with Crippen molar-refractivity contribution in [2.75, 3.05) is 0 Å². The highest BCUT2D eigenvalue weighted by atomic mass is 79.9. The van der Waals surface area contributed by atoms with Gasteiger partial charge in [0, 0.05) is 14.6 Å². The predicted octanol–water partition coefficient (Wildman–Crippen LogP) is 5.67. The zero-order valence-corrected chi connectivity index (χ0v) is 13.2. The Labute approximate surface area is 115 Å². The monoisotopic (exact) mass is 364 g/mol. The molecule has 0 saturated heterocycles. The molecule has 1 atom stereocenters. The number of alkyl halides is 1. The molecule has 2 rings (SSSR count). The van der Waals surface area contributed by atoms with Gasteiger partial charge in [-0.1, -0.05) is 15.9 Å². The van der Waals surface area contributed by atoms with Crippen LogP contribution in [0.25, 0.3) is 0 Å². The van der Waals surface area contributed by atoms with Gasteiger partial charge in [-0.3, -0.25) is 0 Å². The third kappa shape index (κ3) is 2.54. The maximum atomic E-state index is 3.77. The molecule has 80 valence electrons. The third-order valence-electron chi connectivity index (χ3n) is 2.21. The second-order valence-electron chi connectivity index (χ2n) is 3.37. The van der Waals surface area contributed by atoms with Gasteiger partial charge < -0.3 is 0 Å². The van der Waals surface area contributed by atoms with Crippen LogP contribution in [0.5, 0.6) is 0 Å². The van der Waals surface area contributed by atoms with Gasteiger partial charge in [0.2, 0.25) is 0 Å². The van der Waals surface area contributed by atoms with Crippen LogP contribution in [-0.2, 0) is 0 Å². The first kappa shape index (κ1) is 11.8. The molecule has 2 heterocycles. The highest BCUT2D eigenvalue weighted by molar-refractivity contribution is 9.11. The largest absolute Gasteiger partial charge is 0.144 e. The van der Waals surface area contributed by atoms with Gasteiger partial charge in [-0.2, -0.15) is 0 Å². The Balaban J connectivity index is 2.35. The summed E-state index contributed by atoms with van der Waals surface area (Å²) in [5.41, 5.74) is 1.37. The van der Waals surface area contributed by atoms with Crippen LogP contribution >= 0.6 is 54.5 Å². The lowest BCUT2D eigenvalue weighted by Crippen LogP contribution is -1.88. The Bertz CT molecular complexity index is 471. The molecule has 0 N–H and O–H groups in total. The van der Waals surface area contributed by atoms with E-state index < -0.39 is 0 Å². The lowest BCUT2D eigenvalue weighted by Gasteiger charge is -2.06. The second-order valence-corrected chi connectivity index (χ2v) is 8.24. The molecule has 1 unspecified atom stereocenters. The molecular weight excluding hydrogens is 356 g/mol. The Morgan fingerprint density at radius 3 is 2.40 bits per heavy atom. The first-order valence-electron chi connectivity index (χ1n) is 4.54. The van der Waals surface area contributed by atoms with Crippen molar-refractivity contribution in [3.63, 3.8) is 0 Å². The lowest BCUT2D eigenvalue weighted by atomic mass is 10.2. The van der Waals surface area contributed by atoms with Crippen LogP contribution in [0, 0.1) is 13.8 Å². The summed E-state index contributed by atoms with van der Waals surface area (Å²) in [6.45, 7) is 4.31. The molecule has 0 nitrogen and oxygen atoms in total. The van der Waals surface area contributed by atoms with Crippen LogP contribution in [0.2, 0.25) is 0 Å².